The van der Waals surface area contributed by atoms with Crippen molar-refractivity contribution in [1.29, 1.82) is 0 Å². The van der Waals surface area contributed by atoms with Crippen LogP contribution < -0.4 is 10.4 Å². The van der Waals surface area contributed by atoms with Gasteiger partial charge in [-0.3, -0.25) is 0 Å². The normalized spacial score (nSPS) is 10.6. The van der Waals surface area contributed by atoms with E-state index in [2.05, 4.69) is 4.74 Å². The Balaban J connectivity index is 2.04. The van der Waals surface area contributed by atoms with Crippen LogP contribution in [0.15, 0.2) is 51.7 Å². The van der Waals surface area contributed by atoms with Crippen LogP contribution in [0.1, 0.15) is 15.9 Å². The highest BCUT2D eigenvalue weighted by Gasteiger charge is 2.23. The van der Waals surface area contributed by atoms with Gasteiger partial charge in [-0.2, -0.15) is 0 Å². The van der Waals surface area contributed by atoms with Crippen molar-refractivity contribution in [3.63, 3.8) is 0 Å². The van der Waals surface area contributed by atoms with Gasteiger partial charge >= 0.3 is 11.6 Å². The van der Waals surface area contributed by atoms with Crippen molar-refractivity contribution in [3.8, 4) is 11.5 Å². The maximum atomic E-state index is 12.9. The zero-order valence-electron chi connectivity index (χ0n) is 13.1. The monoisotopic (exact) mass is 344 g/mol. The van der Waals surface area contributed by atoms with E-state index in [1.807, 2.05) is 0 Å². The van der Waals surface area contributed by atoms with Crippen molar-refractivity contribution in [2.75, 3.05) is 7.11 Å². The predicted molar refractivity (Wildman–Crippen MR) is 86.2 cm³/mol. The summed E-state index contributed by atoms with van der Waals surface area (Å²) in [5.74, 6) is -1.75. The Morgan fingerprint density at radius 1 is 1.20 bits per heavy atom. The average molecular weight is 344 g/mol. The van der Waals surface area contributed by atoms with Crippen molar-refractivity contribution in [3.05, 3.63) is 69.8 Å². The molecule has 3 aromatic rings. The molecule has 0 atom stereocenters. The maximum Gasteiger partial charge on any atom is 0.354 e. The molecule has 0 bridgehead atoms. The third kappa shape index (κ3) is 3.16. The molecular weight excluding hydrogens is 331 g/mol. The molecule has 25 heavy (non-hydrogen) atoms. The van der Waals surface area contributed by atoms with Gasteiger partial charge in [-0.05, 0) is 29.8 Å². The third-order valence-electron chi connectivity index (χ3n) is 3.57. The van der Waals surface area contributed by atoms with E-state index in [1.165, 1.54) is 18.2 Å². The van der Waals surface area contributed by atoms with Gasteiger partial charge in [-0.15, -0.1) is 0 Å². The number of hydrogen-bond donors (Lipinski definition) is 1. The molecule has 0 amide bonds. The molecule has 0 aliphatic carbocycles. The van der Waals surface area contributed by atoms with Gasteiger partial charge < -0.3 is 19.0 Å². The van der Waals surface area contributed by atoms with E-state index in [1.54, 1.807) is 24.3 Å². The quantitative estimate of drug-likeness (QED) is 0.578. The molecule has 0 spiro atoms. The second-order valence-electron chi connectivity index (χ2n) is 5.15. The molecule has 0 fully saturated rings. The van der Waals surface area contributed by atoms with Crippen LogP contribution >= 0.6 is 0 Å². The lowest BCUT2D eigenvalue weighted by atomic mass is 10.1. The minimum Gasteiger partial charge on any atom is -0.506 e. The number of halogens is 1. The van der Waals surface area contributed by atoms with Gasteiger partial charge in [0.1, 0.15) is 29.1 Å². The number of fused-ring (bicyclic) bond motifs is 1. The van der Waals surface area contributed by atoms with E-state index in [9.17, 15) is 19.1 Å². The van der Waals surface area contributed by atoms with Crippen molar-refractivity contribution < 1.29 is 28.2 Å². The van der Waals surface area contributed by atoms with E-state index in [4.69, 9.17) is 9.15 Å². The molecule has 3 rings (SSSR count). The Bertz CT molecular complexity index is 991. The van der Waals surface area contributed by atoms with Gasteiger partial charge in [-0.25, -0.2) is 14.0 Å². The van der Waals surface area contributed by atoms with Crippen molar-refractivity contribution >= 4 is 16.9 Å². The van der Waals surface area contributed by atoms with Gasteiger partial charge in [0.25, 0.3) is 0 Å². The standard InChI is InChI=1S/C18H13FO6/c1-23-17(21)15-16(20)14-12(3-2-4-13(14)25-18(15)22)24-9-10-5-7-11(19)8-6-10/h2-8,20H,9H2,1H3. The molecule has 1 heterocycles. The van der Waals surface area contributed by atoms with Crippen LogP contribution in [-0.4, -0.2) is 18.2 Å². The minimum absolute atomic E-state index is 0.0618. The largest absolute Gasteiger partial charge is 0.506 e. The first-order valence-electron chi connectivity index (χ1n) is 7.25. The molecule has 0 radical (unpaired) electrons. The highest BCUT2D eigenvalue weighted by atomic mass is 19.1. The highest BCUT2D eigenvalue weighted by Crippen LogP contribution is 2.35. The number of carbonyl (C=O) groups excluding carboxylic acids is 1. The lowest BCUT2D eigenvalue weighted by Gasteiger charge is -2.11. The summed E-state index contributed by atoms with van der Waals surface area (Å²) in [6.07, 6.45) is 0. The highest BCUT2D eigenvalue weighted by molar-refractivity contribution is 6.00. The number of hydrogen-bond acceptors (Lipinski definition) is 6. The first-order valence-corrected chi connectivity index (χ1v) is 7.25. The Kier molecular flexibility index (Phi) is 4.38. The van der Waals surface area contributed by atoms with Crippen LogP contribution in [0, 0.1) is 5.82 Å². The molecule has 6 nitrogen and oxygen atoms in total. The fraction of sp³-hybridized carbons (Fsp3) is 0.111. The van der Waals surface area contributed by atoms with Crippen LogP contribution in [0.2, 0.25) is 0 Å². The SMILES string of the molecule is COC(=O)c1c(O)c2c(OCc3ccc(F)cc3)cccc2oc1=O. The topological polar surface area (TPSA) is 86.0 Å². The average Bonchev–Trinajstić information content (AvgIpc) is 2.60. The lowest BCUT2D eigenvalue weighted by molar-refractivity contribution is 0.0592. The van der Waals surface area contributed by atoms with Crippen LogP contribution in [-0.2, 0) is 11.3 Å². The number of carbonyl (C=O) groups is 1. The smallest absolute Gasteiger partial charge is 0.354 e. The second-order valence-corrected chi connectivity index (χ2v) is 5.15. The molecule has 0 saturated carbocycles. The summed E-state index contributed by atoms with van der Waals surface area (Å²) in [5.41, 5.74) is -0.851. The van der Waals surface area contributed by atoms with Crippen molar-refractivity contribution in [2.45, 2.75) is 6.61 Å². The van der Waals surface area contributed by atoms with E-state index >= 15 is 0 Å². The number of methoxy groups -OCH3 is 1. The Morgan fingerprint density at radius 2 is 1.92 bits per heavy atom. The van der Waals surface area contributed by atoms with Crippen LogP contribution in [0.5, 0.6) is 11.5 Å². The number of aromatic hydroxyl groups is 1. The number of esters is 1. The number of benzene rings is 2. The fourth-order valence-corrected chi connectivity index (χ4v) is 2.35. The molecule has 0 saturated heterocycles. The van der Waals surface area contributed by atoms with E-state index in [0.717, 1.165) is 7.11 Å². The van der Waals surface area contributed by atoms with Crippen LogP contribution in [0.25, 0.3) is 11.0 Å². The van der Waals surface area contributed by atoms with Crippen molar-refractivity contribution in [2.24, 2.45) is 0 Å². The molecule has 0 aliphatic heterocycles. The van der Waals surface area contributed by atoms with Crippen molar-refractivity contribution in [1.82, 2.24) is 0 Å². The number of ether oxygens (including phenoxy) is 2. The van der Waals surface area contributed by atoms with Crippen LogP contribution in [0.4, 0.5) is 4.39 Å². The fourth-order valence-electron chi connectivity index (χ4n) is 2.35. The molecule has 0 aliphatic rings. The zero-order valence-corrected chi connectivity index (χ0v) is 13.1. The summed E-state index contributed by atoms with van der Waals surface area (Å²) in [7, 11) is 1.09. The third-order valence-corrected chi connectivity index (χ3v) is 3.57. The first kappa shape index (κ1) is 16.5. The Hall–Kier alpha value is -3.35. The van der Waals surface area contributed by atoms with Crippen LogP contribution in [0.3, 0.4) is 0 Å². The molecule has 1 N–H and O–H groups in total. The Labute approximate surface area is 141 Å². The summed E-state index contributed by atoms with van der Waals surface area (Å²) in [6, 6.07) is 10.3. The summed E-state index contributed by atoms with van der Waals surface area (Å²) in [4.78, 5) is 23.6. The van der Waals surface area contributed by atoms with Gasteiger partial charge in [0, 0.05) is 0 Å². The summed E-state index contributed by atoms with van der Waals surface area (Å²) in [5, 5.41) is 10.4. The van der Waals surface area contributed by atoms with Gasteiger partial charge in [0.2, 0.25) is 0 Å². The molecule has 2 aromatic carbocycles. The van der Waals surface area contributed by atoms with Gasteiger partial charge in [0.05, 0.1) is 7.11 Å². The molecular formula is C18H13FO6. The molecule has 128 valence electrons. The van der Waals surface area contributed by atoms with E-state index in [-0.39, 0.29) is 29.1 Å². The summed E-state index contributed by atoms with van der Waals surface area (Å²) < 4.78 is 28.1. The molecule has 1 aromatic heterocycles. The summed E-state index contributed by atoms with van der Waals surface area (Å²) >= 11 is 0. The zero-order chi connectivity index (χ0) is 18.0. The molecule has 0 unspecified atom stereocenters. The minimum atomic E-state index is -1.01. The summed E-state index contributed by atoms with van der Waals surface area (Å²) in [6.45, 7) is 0.0888. The first-order chi connectivity index (χ1) is 12.0. The number of rotatable bonds is 4. The lowest BCUT2D eigenvalue weighted by Crippen LogP contribution is -2.15. The van der Waals surface area contributed by atoms with E-state index in [0.29, 0.717) is 5.56 Å². The van der Waals surface area contributed by atoms with E-state index < -0.39 is 22.9 Å². The van der Waals surface area contributed by atoms with Gasteiger partial charge in [-0.1, -0.05) is 18.2 Å². The van der Waals surface area contributed by atoms with Gasteiger partial charge in [0.15, 0.2) is 11.3 Å². The predicted octanol–water partition coefficient (Wildman–Crippen LogP) is 3.00. The maximum absolute atomic E-state index is 12.9. The Morgan fingerprint density at radius 3 is 2.60 bits per heavy atom. The second kappa shape index (κ2) is 6.64. The molecule has 7 heteroatoms.